The van der Waals surface area contributed by atoms with E-state index in [4.69, 9.17) is 0 Å². The Hall–Kier alpha value is -2.96. The fourth-order valence-corrected chi connectivity index (χ4v) is 3.55. The summed E-state index contributed by atoms with van der Waals surface area (Å²) in [6.07, 6.45) is 8.52. The van der Waals surface area contributed by atoms with Crippen LogP contribution in [0.1, 0.15) is 42.1 Å². The van der Waals surface area contributed by atoms with Crippen LogP contribution in [0.4, 0.5) is 0 Å². The number of rotatable bonds is 3. The molecule has 2 heterocycles. The van der Waals surface area contributed by atoms with Gasteiger partial charge in [-0.25, -0.2) is 9.67 Å². The molecule has 1 aliphatic carbocycles. The lowest BCUT2D eigenvalue weighted by atomic mass is 9.91. The van der Waals surface area contributed by atoms with E-state index >= 15 is 0 Å². The quantitative estimate of drug-likeness (QED) is 0.765. The van der Waals surface area contributed by atoms with Crippen LogP contribution in [0.5, 0.6) is 0 Å². The molecule has 0 saturated heterocycles. The molecule has 0 bridgehead atoms. The van der Waals surface area contributed by atoms with Crippen molar-refractivity contribution in [1.29, 1.82) is 0 Å². The van der Waals surface area contributed by atoms with E-state index in [1.807, 2.05) is 10.7 Å². The Morgan fingerprint density at radius 3 is 2.64 bits per heavy atom. The first-order valence-corrected chi connectivity index (χ1v) is 8.48. The minimum atomic E-state index is -0.180. The monoisotopic (exact) mass is 337 g/mol. The van der Waals surface area contributed by atoms with Gasteiger partial charge < -0.3 is 10.3 Å². The predicted molar refractivity (Wildman–Crippen MR) is 93.3 cm³/mol. The Morgan fingerprint density at radius 2 is 1.92 bits per heavy atom. The summed E-state index contributed by atoms with van der Waals surface area (Å²) in [5, 5.41) is 8.52. The van der Waals surface area contributed by atoms with E-state index < -0.39 is 0 Å². The van der Waals surface area contributed by atoms with Crippen LogP contribution in [-0.4, -0.2) is 31.7 Å². The Labute approximate surface area is 144 Å². The standard InChI is InChI=1S/C18H19N5O2/c24-17-15-4-2-1-3-14(15)16(9-20-17)18(25)22-12-5-7-13(8-6-12)23-11-19-10-21-23/h1-4,9-13H,5-8H2,(H,20,24)(H,22,25). The van der Waals surface area contributed by atoms with Crippen molar-refractivity contribution in [3.63, 3.8) is 0 Å². The molecule has 2 N–H and O–H groups in total. The maximum atomic E-state index is 12.7. The average Bonchev–Trinajstić information content (AvgIpc) is 3.17. The first-order chi connectivity index (χ1) is 12.2. The van der Waals surface area contributed by atoms with Crippen LogP contribution >= 0.6 is 0 Å². The van der Waals surface area contributed by atoms with Crippen molar-refractivity contribution in [3.8, 4) is 0 Å². The Balaban J connectivity index is 1.47. The van der Waals surface area contributed by atoms with Crippen LogP contribution in [0.15, 0.2) is 47.9 Å². The molecule has 25 heavy (non-hydrogen) atoms. The number of aromatic amines is 1. The van der Waals surface area contributed by atoms with Crippen molar-refractivity contribution in [1.82, 2.24) is 25.1 Å². The summed E-state index contributed by atoms with van der Waals surface area (Å²) in [5.41, 5.74) is 0.328. The molecule has 0 spiro atoms. The Kier molecular flexibility index (Phi) is 4.05. The van der Waals surface area contributed by atoms with E-state index in [1.54, 1.807) is 30.9 Å². The van der Waals surface area contributed by atoms with Gasteiger partial charge in [0.1, 0.15) is 12.7 Å². The maximum Gasteiger partial charge on any atom is 0.255 e. The molecule has 1 amide bonds. The van der Waals surface area contributed by atoms with Crippen LogP contribution in [0, 0.1) is 0 Å². The highest BCUT2D eigenvalue weighted by molar-refractivity contribution is 6.06. The van der Waals surface area contributed by atoms with Gasteiger partial charge in [-0.2, -0.15) is 5.10 Å². The van der Waals surface area contributed by atoms with Crippen molar-refractivity contribution in [2.75, 3.05) is 0 Å². The summed E-state index contributed by atoms with van der Waals surface area (Å²) in [6, 6.07) is 7.66. The third kappa shape index (κ3) is 3.05. The molecule has 1 fully saturated rings. The maximum absolute atomic E-state index is 12.7. The molecule has 0 atom stereocenters. The van der Waals surface area contributed by atoms with Gasteiger partial charge in [-0.3, -0.25) is 9.59 Å². The molecule has 7 nitrogen and oxygen atoms in total. The lowest BCUT2D eigenvalue weighted by Crippen LogP contribution is -2.38. The van der Waals surface area contributed by atoms with Gasteiger partial charge >= 0.3 is 0 Å². The normalized spacial score (nSPS) is 20.5. The highest BCUT2D eigenvalue weighted by Crippen LogP contribution is 2.27. The molecule has 2 aromatic heterocycles. The number of hydrogen-bond donors (Lipinski definition) is 2. The van der Waals surface area contributed by atoms with Gasteiger partial charge in [0.15, 0.2) is 0 Å². The molecular weight excluding hydrogens is 318 g/mol. The molecule has 128 valence electrons. The molecule has 7 heteroatoms. The second kappa shape index (κ2) is 6.51. The zero-order valence-electron chi connectivity index (χ0n) is 13.7. The number of pyridine rings is 1. The third-order valence-electron chi connectivity index (χ3n) is 4.90. The lowest BCUT2D eigenvalue weighted by molar-refractivity contribution is 0.0923. The zero-order valence-corrected chi connectivity index (χ0v) is 13.7. The Morgan fingerprint density at radius 1 is 1.16 bits per heavy atom. The number of carbonyl (C=O) groups excluding carboxylic acids is 1. The van der Waals surface area contributed by atoms with Crippen LogP contribution in [0.3, 0.4) is 0 Å². The number of carbonyl (C=O) groups is 1. The van der Waals surface area contributed by atoms with Crippen molar-refractivity contribution in [3.05, 3.63) is 59.0 Å². The first kappa shape index (κ1) is 15.6. The van der Waals surface area contributed by atoms with Crippen LogP contribution in [-0.2, 0) is 0 Å². The molecule has 0 radical (unpaired) electrons. The number of amides is 1. The summed E-state index contributed by atoms with van der Waals surface area (Å²) < 4.78 is 1.90. The lowest BCUT2D eigenvalue weighted by Gasteiger charge is -2.29. The fourth-order valence-electron chi connectivity index (χ4n) is 3.55. The first-order valence-electron chi connectivity index (χ1n) is 8.48. The average molecular weight is 337 g/mol. The molecule has 0 unspecified atom stereocenters. The third-order valence-corrected chi connectivity index (χ3v) is 4.90. The number of nitrogens with one attached hydrogen (secondary N) is 2. The van der Waals surface area contributed by atoms with Crippen molar-refractivity contribution in [2.45, 2.75) is 37.8 Å². The van der Waals surface area contributed by atoms with Gasteiger partial charge in [0, 0.05) is 23.0 Å². The Bertz CT molecular complexity index is 940. The SMILES string of the molecule is O=C(NC1CCC(n2cncn2)CC1)c1c[nH]c(=O)c2ccccc12. The van der Waals surface area contributed by atoms with Gasteiger partial charge in [-0.1, -0.05) is 18.2 Å². The molecule has 1 aromatic carbocycles. The van der Waals surface area contributed by atoms with Crippen molar-refractivity contribution >= 4 is 16.7 Å². The molecule has 1 saturated carbocycles. The number of nitrogens with zero attached hydrogens (tertiary/aromatic N) is 3. The number of aromatic nitrogens is 4. The minimum Gasteiger partial charge on any atom is -0.349 e. The van der Waals surface area contributed by atoms with Gasteiger partial charge in [-0.15, -0.1) is 0 Å². The predicted octanol–water partition coefficient (Wildman–Crippen LogP) is 2.03. The topological polar surface area (TPSA) is 92.7 Å². The second-order valence-corrected chi connectivity index (χ2v) is 6.43. The summed E-state index contributed by atoms with van der Waals surface area (Å²) in [7, 11) is 0. The largest absolute Gasteiger partial charge is 0.349 e. The van der Waals surface area contributed by atoms with E-state index in [2.05, 4.69) is 20.4 Å². The highest BCUT2D eigenvalue weighted by Gasteiger charge is 2.24. The summed E-state index contributed by atoms with van der Waals surface area (Å²) in [4.78, 5) is 31.2. The second-order valence-electron chi connectivity index (χ2n) is 6.43. The molecule has 0 aliphatic heterocycles. The van der Waals surface area contributed by atoms with Gasteiger partial charge in [0.2, 0.25) is 0 Å². The summed E-state index contributed by atoms with van der Waals surface area (Å²) in [6.45, 7) is 0. The summed E-state index contributed by atoms with van der Waals surface area (Å²) >= 11 is 0. The van der Waals surface area contributed by atoms with E-state index in [0.29, 0.717) is 22.4 Å². The van der Waals surface area contributed by atoms with E-state index in [1.165, 1.54) is 6.20 Å². The smallest absolute Gasteiger partial charge is 0.255 e. The number of hydrogen-bond acceptors (Lipinski definition) is 4. The number of H-pyrrole nitrogens is 1. The van der Waals surface area contributed by atoms with Gasteiger partial charge in [0.05, 0.1) is 11.6 Å². The van der Waals surface area contributed by atoms with Crippen molar-refractivity contribution in [2.24, 2.45) is 0 Å². The molecule has 1 aliphatic rings. The van der Waals surface area contributed by atoms with Crippen LogP contribution in [0.2, 0.25) is 0 Å². The van der Waals surface area contributed by atoms with E-state index in [9.17, 15) is 9.59 Å². The molecular formula is C18H19N5O2. The molecule has 4 rings (SSSR count). The highest BCUT2D eigenvalue weighted by atomic mass is 16.2. The summed E-state index contributed by atoms with van der Waals surface area (Å²) in [5.74, 6) is -0.142. The minimum absolute atomic E-state index is 0.137. The number of benzene rings is 1. The zero-order chi connectivity index (χ0) is 17.2. The van der Waals surface area contributed by atoms with Crippen LogP contribution < -0.4 is 10.9 Å². The van der Waals surface area contributed by atoms with E-state index in [0.717, 1.165) is 25.7 Å². The van der Waals surface area contributed by atoms with Gasteiger partial charge in [0.25, 0.3) is 11.5 Å². The van der Waals surface area contributed by atoms with E-state index in [-0.39, 0.29) is 17.5 Å². The fraction of sp³-hybridized carbons (Fsp3) is 0.333. The van der Waals surface area contributed by atoms with Crippen molar-refractivity contribution < 1.29 is 4.79 Å². The van der Waals surface area contributed by atoms with Crippen LogP contribution in [0.25, 0.3) is 10.8 Å². The van der Waals surface area contributed by atoms with Gasteiger partial charge in [-0.05, 0) is 31.7 Å². The molecule has 3 aromatic rings. The number of fused-ring (bicyclic) bond motifs is 1.